The number of benzene rings is 2. The van der Waals surface area contributed by atoms with Crippen LogP contribution in [0.15, 0.2) is 48.5 Å². The van der Waals surface area contributed by atoms with Crippen molar-refractivity contribution in [3.8, 4) is 0 Å². The van der Waals surface area contributed by atoms with Crippen LogP contribution >= 0.6 is 0 Å². The van der Waals surface area contributed by atoms with Crippen LogP contribution < -0.4 is 0 Å². The monoisotopic (exact) mass is 721 g/mol. The van der Waals surface area contributed by atoms with E-state index in [0.29, 0.717) is 49.9 Å². The molecule has 8 heteroatoms. The van der Waals surface area contributed by atoms with E-state index >= 15 is 0 Å². The lowest BCUT2D eigenvalue weighted by Gasteiger charge is -2.66. The number of ether oxygens (including phenoxy) is 2. The van der Waals surface area contributed by atoms with Gasteiger partial charge in [-0.15, -0.1) is 0 Å². The SMILES string of the molecule is CC(C)(C)c1ccc(C(=O)OCCN2C(C)(C)CC(O)(C3(O)CC(C)(C)N(CCOC(=O)c4ccc(C(C)(C)C)cc4)C(C)(C)C3)CC2(C)C)cc1. The number of hydrogen-bond acceptors (Lipinski definition) is 8. The van der Waals surface area contributed by atoms with Crippen LogP contribution in [-0.2, 0) is 20.3 Å². The largest absolute Gasteiger partial charge is 0.461 e. The molecule has 4 rings (SSSR count). The summed E-state index contributed by atoms with van der Waals surface area (Å²) >= 11 is 0. The zero-order chi connectivity index (χ0) is 39.3. The Morgan fingerprint density at radius 2 is 0.788 bits per heavy atom. The Bertz CT molecular complexity index is 1420. The van der Waals surface area contributed by atoms with Crippen LogP contribution in [0.1, 0.15) is 154 Å². The maximum absolute atomic E-state index is 12.9. The van der Waals surface area contributed by atoms with E-state index in [1.807, 2.05) is 48.5 Å². The van der Waals surface area contributed by atoms with E-state index < -0.39 is 33.4 Å². The predicted octanol–water partition coefficient (Wildman–Crippen LogP) is 8.06. The van der Waals surface area contributed by atoms with Gasteiger partial charge < -0.3 is 19.7 Å². The van der Waals surface area contributed by atoms with E-state index in [9.17, 15) is 19.8 Å². The number of likely N-dealkylation sites (tertiary alicyclic amines) is 2. The summed E-state index contributed by atoms with van der Waals surface area (Å²) in [6.45, 7) is 31.1. The second-order valence-corrected chi connectivity index (χ2v) is 20.2. The van der Waals surface area contributed by atoms with Gasteiger partial charge in [-0.25, -0.2) is 9.59 Å². The molecule has 2 aliphatic rings. The maximum Gasteiger partial charge on any atom is 0.338 e. The van der Waals surface area contributed by atoms with Crippen molar-refractivity contribution in [3.63, 3.8) is 0 Å². The standard InChI is InChI=1S/C44H68N2O6/c1-37(2,3)33-19-15-31(16-20-33)35(47)51-25-23-45-39(7,8)27-43(49,28-40(45,9)10)44(50)29-41(11,12)46(42(13,14)30-44)24-26-52-36(48)32-17-21-34(22-18-32)38(4,5)6/h15-22,49-50H,23-30H2,1-14H3. The normalized spacial score (nSPS) is 22.4. The van der Waals surface area contributed by atoms with Crippen molar-refractivity contribution in [1.29, 1.82) is 0 Å². The van der Waals surface area contributed by atoms with Gasteiger partial charge in [0, 0.05) is 35.2 Å². The number of esters is 2. The Morgan fingerprint density at radius 3 is 1.02 bits per heavy atom. The van der Waals surface area contributed by atoms with Gasteiger partial charge in [0.25, 0.3) is 0 Å². The van der Waals surface area contributed by atoms with Crippen LogP contribution in [0, 0.1) is 0 Å². The average molecular weight is 721 g/mol. The van der Waals surface area contributed by atoms with Crippen LogP contribution in [-0.4, -0.2) is 91.6 Å². The lowest BCUT2D eigenvalue weighted by atomic mass is 9.57. The average Bonchev–Trinajstić information content (AvgIpc) is 2.97. The third kappa shape index (κ3) is 8.94. The molecule has 2 N–H and O–H groups in total. The minimum Gasteiger partial charge on any atom is -0.461 e. The molecule has 0 atom stereocenters. The molecule has 0 saturated carbocycles. The van der Waals surface area contributed by atoms with E-state index in [1.165, 1.54) is 0 Å². The Kier molecular flexibility index (Phi) is 11.4. The summed E-state index contributed by atoms with van der Waals surface area (Å²) in [5.41, 5.74) is -1.36. The van der Waals surface area contributed by atoms with Gasteiger partial charge in [-0.2, -0.15) is 0 Å². The van der Waals surface area contributed by atoms with E-state index in [1.54, 1.807) is 0 Å². The first-order valence-corrected chi connectivity index (χ1v) is 19.1. The molecule has 8 nitrogen and oxygen atoms in total. The zero-order valence-electron chi connectivity index (χ0n) is 34.7. The van der Waals surface area contributed by atoms with E-state index in [0.717, 1.165) is 11.1 Å². The van der Waals surface area contributed by atoms with Gasteiger partial charge >= 0.3 is 11.9 Å². The summed E-state index contributed by atoms with van der Waals surface area (Å²) in [6.07, 6.45) is 1.44. The van der Waals surface area contributed by atoms with Gasteiger partial charge in [0.1, 0.15) is 13.2 Å². The third-order valence-corrected chi connectivity index (χ3v) is 11.8. The number of rotatable bonds is 9. The maximum atomic E-state index is 12.9. The van der Waals surface area contributed by atoms with Crippen molar-refractivity contribution in [2.24, 2.45) is 0 Å². The van der Waals surface area contributed by atoms with Gasteiger partial charge in [0.15, 0.2) is 0 Å². The number of hydrogen-bond donors (Lipinski definition) is 2. The summed E-state index contributed by atoms with van der Waals surface area (Å²) in [4.78, 5) is 30.5. The molecular formula is C44H68N2O6. The predicted molar refractivity (Wildman–Crippen MR) is 209 cm³/mol. The molecule has 0 radical (unpaired) electrons. The first-order chi connectivity index (χ1) is 23.5. The molecule has 290 valence electrons. The second kappa shape index (κ2) is 14.1. The van der Waals surface area contributed by atoms with E-state index in [-0.39, 0.29) is 36.0 Å². The molecule has 2 aliphatic heterocycles. The minimum atomic E-state index is -1.37. The highest BCUT2D eigenvalue weighted by Crippen LogP contribution is 2.55. The number of aliphatic hydroxyl groups is 2. The number of carbonyl (C=O) groups excluding carboxylic acids is 2. The molecule has 0 unspecified atom stereocenters. The Labute approximate surface area is 314 Å². The fraction of sp³-hybridized carbons (Fsp3) is 0.682. The quantitative estimate of drug-likeness (QED) is 0.251. The van der Waals surface area contributed by atoms with E-state index in [4.69, 9.17) is 9.47 Å². The van der Waals surface area contributed by atoms with E-state index in [2.05, 4.69) is 107 Å². The molecule has 0 bridgehead atoms. The molecule has 0 amide bonds. The summed E-state index contributed by atoms with van der Waals surface area (Å²) < 4.78 is 11.5. The highest BCUT2D eigenvalue weighted by Gasteiger charge is 2.64. The van der Waals surface area contributed by atoms with Gasteiger partial charge in [-0.1, -0.05) is 65.8 Å². The molecular weight excluding hydrogens is 652 g/mol. The summed E-state index contributed by atoms with van der Waals surface area (Å²) in [5, 5.41) is 25.3. The van der Waals surface area contributed by atoms with Crippen molar-refractivity contribution in [2.75, 3.05) is 26.3 Å². The second-order valence-electron chi connectivity index (χ2n) is 20.2. The first kappa shape index (κ1) is 42.0. The molecule has 2 heterocycles. The molecule has 2 fully saturated rings. The Morgan fingerprint density at radius 1 is 0.538 bits per heavy atom. The highest BCUT2D eigenvalue weighted by atomic mass is 16.5. The van der Waals surface area contributed by atoms with Gasteiger partial charge in [-0.05, 0) is 127 Å². The number of nitrogens with zero attached hydrogens (tertiary/aromatic N) is 2. The van der Waals surface area contributed by atoms with Crippen LogP contribution in [0.3, 0.4) is 0 Å². The fourth-order valence-corrected chi connectivity index (χ4v) is 9.72. The molecule has 0 aromatic heterocycles. The molecule has 2 aromatic carbocycles. The molecule has 2 aromatic rings. The lowest BCUT2D eigenvalue weighted by Crippen LogP contribution is -2.76. The van der Waals surface area contributed by atoms with Crippen LogP contribution in [0.5, 0.6) is 0 Å². The van der Waals surface area contributed by atoms with Crippen molar-refractivity contribution < 1.29 is 29.3 Å². The Hall–Kier alpha value is -2.78. The van der Waals surface area contributed by atoms with Gasteiger partial charge in [-0.3, -0.25) is 9.80 Å². The molecule has 0 spiro atoms. The zero-order valence-corrected chi connectivity index (χ0v) is 34.7. The smallest absolute Gasteiger partial charge is 0.338 e. The third-order valence-electron chi connectivity index (χ3n) is 11.8. The van der Waals surface area contributed by atoms with Crippen LogP contribution in [0.4, 0.5) is 0 Å². The molecule has 52 heavy (non-hydrogen) atoms. The van der Waals surface area contributed by atoms with Crippen molar-refractivity contribution in [3.05, 3.63) is 70.8 Å². The van der Waals surface area contributed by atoms with Gasteiger partial charge in [0.2, 0.25) is 0 Å². The lowest BCUT2D eigenvalue weighted by molar-refractivity contribution is -0.263. The topological polar surface area (TPSA) is 99.5 Å². The summed E-state index contributed by atoms with van der Waals surface area (Å²) in [7, 11) is 0. The van der Waals surface area contributed by atoms with Crippen LogP contribution in [0.2, 0.25) is 0 Å². The number of piperidine rings is 2. The van der Waals surface area contributed by atoms with Crippen LogP contribution in [0.25, 0.3) is 0 Å². The van der Waals surface area contributed by atoms with Crippen molar-refractivity contribution in [2.45, 2.75) is 167 Å². The Balaban J connectivity index is 1.41. The summed E-state index contributed by atoms with van der Waals surface area (Å²) in [5.74, 6) is -0.695. The minimum absolute atomic E-state index is 0.00210. The molecule has 0 aliphatic carbocycles. The molecule has 2 saturated heterocycles. The first-order valence-electron chi connectivity index (χ1n) is 19.1. The summed E-state index contributed by atoms with van der Waals surface area (Å²) in [6, 6.07) is 15.2. The number of carbonyl (C=O) groups is 2. The fourth-order valence-electron chi connectivity index (χ4n) is 9.72. The van der Waals surface area contributed by atoms with Crippen molar-refractivity contribution >= 4 is 11.9 Å². The van der Waals surface area contributed by atoms with Gasteiger partial charge in [0.05, 0.1) is 22.3 Å². The van der Waals surface area contributed by atoms with Crippen molar-refractivity contribution in [1.82, 2.24) is 9.80 Å². The highest BCUT2D eigenvalue weighted by molar-refractivity contribution is 5.90.